The average molecular weight is 438 g/mol. The first-order valence-corrected chi connectivity index (χ1v) is 9.95. The molecule has 1 saturated heterocycles. The minimum absolute atomic E-state index is 0.0909. The first-order chi connectivity index (χ1) is 14.8. The number of anilines is 1. The number of esters is 1. The van der Waals surface area contributed by atoms with E-state index in [1.165, 1.54) is 9.13 Å². The van der Waals surface area contributed by atoms with E-state index >= 15 is 0 Å². The SMILES string of the molecule is CC#CCn1c(=O)n(CC2CC2)c2nc(OC(=O)C(F)(F)F)nc(N3CCNCC3)c21. The molecule has 31 heavy (non-hydrogen) atoms. The van der Waals surface area contributed by atoms with Gasteiger partial charge in [0, 0.05) is 32.7 Å². The molecular formula is C19H21F3N6O3. The van der Waals surface area contributed by atoms with Crippen LogP contribution in [0.3, 0.4) is 0 Å². The lowest BCUT2D eigenvalue weighted by Gasteiger charge is -2.29. The molecule has 2 aromatic rings. The molecule has 0 radical (unpaired) electrons. The molecule has 2 aromatic heterocycles. The topological polar surface area (TPSA) is 94.3 Å². The highest BCUT2D eigenvalue weighted by molar-refractivity contribution is 5.86. The molecule has 1 aliphatic carbocycles. The Morgan fingerprint density at radius 3 is 2.55 bits per heavy atom. The second-order valence-electron chi connectivity index (χ2n) is 7.48. The molecule has 0 amide bonds. The number of imidazole rings is 1. The second-order valence-corrected chi connectivity index (χ2v) is 7.48. The number of ether oxygens (including phenoxy) is 1. The predicted molar refractivity (Wildman–Crippen MR) is 105 cm³/mol. The Morgan fingerprint density at radius 2 is 1.94 bits per heavy atom. The maximum absolute atomic E-state index is 13.2. The summed E-state index contributed by atoms with van der Waals surface area (Å²) in [5, 5.41) is 3.18. The van der Waals surface area contributed by atoms with Gasteiger partial charge in [0.05, 0.1) is 6.54 Å². The second kappa shape index (κ2) is 8.22. The fraction of sp³-hybridized carbons (Fsp3) is 0.579. The maximum atomic E-state index is 13.2. The largest absolute Gasteiger partial charge is 0.491 e. The summed E-state index contributed by atoms with van der Waals surface area (Å²) in [4.78, 5) is 34.6. The van der Waals surface area contributed by atoms with Crippen molar-refractivity contribution in [1.82, 2.24) is 24.4 Å². The van der Waals surface area contributed by atoms with Crippen LogP contribution < -0.4 is 20.6 Å². The van der Waals surface area contributed by atoms with Gasteiger partial charge >= 0.3 is 23.8 Å². The van der Waals surface area contributed by atoms with Gasteiger partial charge in [0.25, 0.3) is 0 Å². The van der Waals surface area contributed by atoms with Gasteiger partial charge in [-0.2, -0.15) is 23.1 Å². The normalized spacial score (nSPS) is 16.8. The van der Waals surface area contributed by atoms with Gasteiger partial charge in [-0.05, 0) is 25.7 Å². The van der Waals surface area contributed by atoms with Gasteiger partial charge in [0.2, 0.25) is 0 Å². The molecule has 0 unspecified atom stereocenters. The summed E-state index contributed by atoms with van der Waals surface area (Å²) in [6, 6.07) is -0.730. The summed E-state index contributed by atoms with van der Waals surface area (Å²) in [6.45, 7) is 4.41. The monoisotopic (exact) mass is 438 g/mol. The number of aromatic nitrogens is 4. The Morgan fingerprint density at radius 1 is 1.23 bits per heavy atom. The fourth-order valence-electron chi connectivity index (χ4n) is 3.49. The molecular weight excluding hydrogens is 417 g/mol. The zero-order chi connectivity index (χ0) is 22.2. The van der Waals surface area contributed by atoms with E-state index in [9.17, 15) is 22.8 Å². The third-order valence-corrected chi connectivity index (χ3v) is 5.20. The van der Waals surface area contributed by atoms with E-state index in [4.69, 9.17) is 0 Å². The number of fused-ring (bicyclic) bond motifs is 1. The highest BCUT2D eigenvalue weighted by atomic mass is 19.4. The summed E-state index contributed by atoms with van der Waals surface area (Å²) >= 11 is 0. The van der Waals surface area contributed by atoms with E-state index in [0.29, 0.717) is 44.2 Å². The highest BCUT2D eigenvalue weighted by Crippen LogP contribution is 2.33. The highest BCUT2D eigenvalue weighted by Gasteiger charge is 2.42. The van der Waals surface area contributed by atoms with Crippen molar-refractivity contribution in [3.05, 3.63) is 10.5 Å². The number of nitrogens with one attached hydrogen (secondary N) is 1. The fourth-order valence-corrected chi connectivity index (χ4v) is 3.49. The van der Waals surface area contributed by atoms with Crippen molar-refractivity contribution in [2.45, 2.75) is 39.0 Å². The van der Waals surface area contributed by atoms with E-state index in [2.05, 4.69) is 31.9 Å². The third kappa shape index (κ3) is 4.36. The van der Waals surface area contributed by atoms with Crippen molar-refractivity contribution in [2.75, 3.05) is 31.1 Å². The Labute approximate surface area is 175 Å². The standard InChI is InChI=1S/C19H21F3N6O3/c1-2-3-8-27-13-14(26-9-6-23-7-10-26)24-17(31-16(29)19(20,21)22)25-15(13)28(18(27)30)11-12-4-5-12/h12,23H,4-11H2,1H3. The van der Waals surface area contributed by atoms with Gasteiger partial charge in [0.15, 0.2) is 11.5 Å². The van der Waals surface area contributed by atoms with Gasteiger partial charge in [0.1, 0.15) is 5.52 Å². The average Bonchev–Trinajstić information content (AvgIpc) is 3.52. The predicted octanol–water partition coefficient (Wildman–Crippen LogP) is 0.904. The van der Waals surface area contributed by atoms with Crippen molar-refractivity contribution in [1.29, 1.82) is 0 Å². The molecule has 1 N–H and O–H groups in total. The summed E-state index contributed by atoms with van der Waals surface area (Å²) < 4.78 is 45.5. The summed E-state index contributed by atoms with van der Waals surface area (Å²) in [5.41, 5.74) is 0.153. The molecule has 1 saturated carbocycles. The minimum atomic E-state index is -5.19. The van der Waals surface area contributed by atoms with E-state index < -0.39 is 18.2 Å². The molecule has 3 heterocycles. The van der Waals surface area contributed by atoms with Crippen LogP contribution in [0.4, 0.5) is 19.0 Å². The van der Waals surface area contributed by atoms with Crippen molar-refractivity contribution < 1.29 is 22.7 Å². The lowest BCUT2D eigenvalue weighted by atomic mass is 10.3. The quantitative estimate of drug-likeness (QED) is 0.548. The molecule has 9 nitrogen and oxygen atoms in total. The van der Waals surface area contributed by atoms with E-state index in [-0.39, 0.29) is 23.7 Å². The van der Waals surface area contributed by atoms with Crippen molar-refractivity contribution >= 4 is 23.0 Å². The summed E-state index contributed by atoms with van der Waals surface area (Å²) in [6.07, 6.45) is -3.27. The van der Waals surface area contributed by atoms with Crippen LogP contribution >= 0.6 is 0 Å². The van der Waals surface area contributed by atoms with Crippen molar-refractivity contribution in [2.24, 2.45) is 5.92 Å². The number of carbonyl (C=O) groups is 1. The Kier molecular flexibility index (Phi) is 5.62. The lowest BCUT2D eigenvalue weighted by molar-refractivity contribution is -0.190. The van der Waals surface area contributed by atoms with Crippen LogP contribution in [-0.4, -0.2) is 57.4 Å². The maximum Gasteiger partial charge on any atom is 0.491 e. The number of alkyl halides is 3. The number of nitrogens with zero attached hydrogens (tertiary/aromatic N) is 5. The van der Waals surface area contributed by atoms with Crippen LogP contribution in [0.2, 0.25) is 0 Å². The number of rotatable bonds is 5. The van der Waals surface area contributed by atoms with Crippen LogP contribution in [0, 0.1) is 17.8 Å². The molecule has 2 fully saturated rings. The summed E-state index contributed by atoms with van der Waals surface area (Å²) in [5.74, 6) is 3.74. The van der Waals surface area contributed by atoms with Gasteiger partial charge in [-0.3, -0.25) is 9.13 Å². The van der Waals surface area contributed by atoms with Crippen molar-refractivity contribution in [3.63, 3.8) is 0 Å². The van der Waals surface area contributed by atoms with E-state index in [1.54, 1.807) is 6.92 Å². The smallest absolute Gasteiger partial charge is 0.384 e. The van der Waals surface area contributed by atoms with E-state index in [0.717, 1.165) is 12.8 Å². The third-order valence-electron chi connectivity index (χ3n) is 5.20. The first kappa shape index (κ1) is 21.2. The van der Waals surface area contributed by atoms with E-state index in [1.807, 2.05) is 4.90 Å². The molecule has 1 aliphatic heterocycles. The number of halogens is 3. The Hall–Kier alpha value is -3.07. The molecule has 4 rings (SSSR count). The molecule has 2 aliphatic rings. The first-order valence-electron chi connectivity index (χ1n) is 9.95. The molecule has 166 valence electrons. The van der Waals surface area contributed by atoms with Crippen LogP contribution in [-0.2, 0) is 17.9 Å². The Balaban J connectivity index is 1.91. The van der Waals surface area contributed by atoms with Crippen LogP contribution in [0.15, 0.2) is 4.79 Å². The van der Waals surface area contributed by atoms with Crippen LogP contribution in [0.5, 0.6) is 6.01 Å². The Bertz CT molecular complexity index is 1120. The lowest BCUT2D eigenvalue weighted by Crippen LogP contribution is -2.44. The minimum Gasteiger partial charge on any atom is -0.384 e. The van der Waals surface area contributed by atoms with Crippen molar-refractivity contribution in [3.8, 4) is 17.9 Å². The summed E-state index contributed by atoms with van der Waals surface area (Å²) in [7, 11) is 0. The van der Waals surface area contributed by atoms with Gasteiger partial charge in [-0.25, -0.2) is 9.59 Å². The zero-order valence-corrected chi connectivity index (χ0v) is 16.8. The van der Waals surface area contributed by atoms with Gasteiger partial charge in [-0.15, -0.1) is 5.92 Å². The zero-order valence-electron chi connectivity index (χ0n) is 16.8. The molecule has 0 atom stereocenters. The number of hydrogen-bond acceptors (Lipinski definition) is 7. The number of hydrogen-bond donors (Lipinski definition) is 1. The molecule has 0 spiro atoms. The van der Waals surface area contributed by atoms with Gasteiger partial charge < -0.3 is 15.0 Å². The molecule has 12 heteroatoms. The van der Waals surface area contributed by atoms with Gasteiger partial charge in [-0.1, -0.05) is 5.92 Å². The molecule has 0 aromatic carbocycles. The van der Waals surface area contributed by atoms with Crippen LogP contribution in [0.1, 0.15) is 19.8 Å². The number of carbonyl (C=O) groups excluding carboxylic acids is 1. The molecule has 0 bridgehead atoms. The number of piperazine rings is 1. The van der Waals surface area contributed by atoms with Crippen LogP contribution in [0.25, 0.3) is 11.2 Å².